The predicted octanol–water partition coefficient (Wildman–Crippen LogP) is 3.68. The van der Waals surface area contributed by atoms with Crippen molar-refractivity contribution in [2.24, 2.45) is 4.99 Å². The molecule has 0 aliphatic carbocycles. The normalized spacial score (nSPS) is 13.2. The molecule has 0 amide bonds. The van der Waals surface area contributed by atoms with E-state index in [1.165, 1.54) is 0 Å². The van der Waals surface area contributed by atoms with E-state index in [-0.39, 0.29) is 12.6 Å². The first-order valence-electron chi connectivity index (χ1n) is 9.31. The van der Waals surface area contributed by atoms with Crippen molar-refractivity contribution in [1.82, 2.24) is 10.6 Å². The van der Waals surface area contributed by atoms with Crippen LogP contribution in [-0.2, 0) is 4.74 Å². The van der Waals surface area contributed by atoms with Gasteiger partial charge >= 0.3 is 6.18 Å². The zero-order chi connectivity index (χ0) is 21.0. The Morgan fingerprint density at radius 1 is 1.14 bits per heavy atom. The molecule has 0 bridgehead atoms. The summed E-state index contributed by atoms with van der Waals surface area (Å²) in [5, 5.41) is 6.30. The van der Waals surface area contributed by atoms with Crippen LogP contribution in [0.5, 0.6) is 11.5 Å². The van der Waals surface area contributed by atoms with Crippen molar-refractivity contribution in [3.05, 3.63) is 23.8 Å². The number of aliphatic imine (C=N–C) groups is 1. The molecule has 6 nitrogen and oxygen atoms in total. The summed E-state index contributed by atoms with van der Waals surface area (Å²) in [7, 11) is 1.63. The van der Waals surface area contributed by atoms with E-state index < -0.39 is 12.8 Å². The molecule has 0 spiro atoms. The summed E-state index contributed by atoms with van der Waals surface area (Å²) in [6.45, 7) is 6.13. The second kappa shape index (κ2) is 12.3. The lowest BCUT2D eigenvalue weighted by Gasteiger charge is -2.20. The number of nitrogens with zero attached hydrogens (tertiary/aromatic N) is 1. The third-order valence-corrected chi connectivity index (χ3v) is 3.67. The minimum absolute atomic E-state index is 0.0235. The van der Waals surface area contributed by atoms with Gasteiger partial charge in [-0.3, -0.25) is 4.99 Å². The summed E-state index contributed by atoms with van der Waals surface area (Å²) in [6, 6.07) is 5.67. The first-order chi connectivity index (χ1) is 13.3. The molecule has 0 aromatic heterocycles. The van der Waals surface area contributed by atoms with E-state index >= 15 is 0 Å². The fourth-order valence-corrected chi connectivity index (χ4v) is 2.39. The SMILES string of the molecule is CCOc1ccc(C(C)NC(=NC)NCCCOCC(F)(F)F)cc1OCC. The number of halogens is 3. The van der Waals surface area contributed by atoms with Crippen molar-refractivity contribution in [1.29, 1.82) is 0 Å². The van der Waals surface area contributed by atoms with Crippen LogP contribution in [0, 0.1) is 0 Å². The van der Waals surface area contributed by atoms with Gasteiger partial charge in [0.2, 0.25) is 0 Å². The van der Waals surface area contributed by atoms with Crippen LogP contribution in [0.2, 0.25) is 0 Å². The Morgan fingerprint density at radius 2 is 1.82 bits per heavy atom. The van der Waals surface area contributed by atoms with Gasteiger partial charge in [0.25, 0.3) is 0 Å². The standard InChI is InChI=1S/C19H30F3N3O3/c1-5-27-16-9-8-15(12-17(16)28-6-2)14(3)25-18(23-4)24-10-7-11-26-13-19(20,21)22/h8-9,12,14H,5-7,10-11,13H2,1-4H3,(H2,23,24,25). The quantitative estimate of drug-likeness (QED) is 0.334. The van der Waals surface area contributed by atoms with Crippen LogP contribution in [0.25, 0.3) is 0 Å². The first kappa shape index (κ1) is 23.9. The van der Waals surface area contributed by atoms with Crippen molar-refractivity contribution in [3.63, 3.8) is 0 Å². The lowest BCUT2D eigenvalue weighted by molar-refractivity contribution is -0.173. The Morgan fingerprint density at radius 3 is 2.43 bits per heavy atom. The smallest absolute Gasteiger partial charge is 0.411 e. The molecular weight excluding hydrogens is 375 g/mol. The molecule has 1 rings (SSSR count). The van der Waals surface area contributed by atoms with Crippen LogP contribution in [0.1, 0.15) is 38.8 Å². The van der Waals surface area contributed by atoms with Gasteiger partial charge in [0.1, 0.15) is 6.61 Å². The van der Waals surface area contributed by atoms with Crippen molar-refractivity contribution < 1.29 is 27.4 Å². The molecular formula is C19H30F3N3O3. The van der Waals surface area contributed by atoms with Crippen molar-refractivity contribution in [2.45, 2.75) is 39.4 Å². The largest absolute Gasteiger partial charge is 0.490 e. The first-order valence-corrected chi connectivity index (χ1v) is 9.31. The van der Waals surface area contributed by atoms with Crippen LogP contribution >= 0.6 is 0 Å². The minimum Gasteiger partial charge on any atom is -0.490 e. The second-order valence-electron chi connectivity index (χ2n) is 5.96. The third-order valence-electron chi connectivity index (χ3n) is 3.67. The van der Waals surface area contributed by atoms with Crippen molar-refractivity contribution >= 4 is 5.96 Å². The zero-order valence-electron chi connectivity index (χ0n) is 16.9. The maximum atomic E-state index is 12.0. The molecule has 1 aromatic carbocycles. The van der Waals surface area contributed by atoms with Gasteiger partial charge in [0, 0.05) is 20.2 Å². The molecule has 1 unspecified atom stereocenters. The molecule has 28 heavy (non-hydrogen) atoms. The van der Waals surface area contributed by atoms with Crippen LogP contribution in [-0.4, -0.2) is 52.2 Å². The van der Waals surface area contributed by atoms with E-state index in [1.54, 1.807) is 7.05 Å². The van der Waals surface area contributed by atoms with Gasteiger partial charge in [0.15, 0.2) is 17.5 Å². The Kier molecular flexibility index (Phi) is 10.5. The van der Waals surface area contributed by atoms with E-state index in [4.69, 9.17) is 9.47 Å². The third kappa shape index (κ3) is 9.16. The van der Waals surface area contributed by atoms with E-state index in [0.717, 1.165) is 5.56 Å². The number of ether oxygens (including phenoxy) is 3. The molecule has 0 heterocycles. The van der Waals surface area contributed by atoms with E-state index in [0.29, 0.717) is 43.6 Å². The molecule has 1 aromatic rings. The van der Waals surface area contributed by atoms with Crippen LogP contribution in [0.4, 0.5) is 13.2 Å². The average molecular weight is 405 g/mol. The van der Waals surface area contributed by atoms with Crippen molar-refractivity contribution in [2.75, 3.05) is 40.0 Å². The van der Waals surface area contributed by atoms with Crippen LogP contribution in [0.15, 0.2) is 23.2 Å². The van der Waals surface area contributed by atoms with Gasteiger partial charge in [-0.25, -0.2) is 0 Å². The number of alkyl halides is 3. The van der Waals surface area contributed by atoms with Crippen LogP contribution < -0.4 is 20.1 Å². The highest BCUT2D eigenvalue weighted by atomic mass is 19.4. The molecule has 2 N–H and O–H groups in total. The van der Waals surface area contributed by atoms with Gasteiger partial charge in [0.05, 0.1) is 19.3 Å². The highest BCUT2D eigenvalue weighted by molar-refractivity contribution is 5.80. The zero-order valence-corrected chi connectivity index (χ0v) is 16.9. The van der Waals surface area contributed by atoms with Gasteiger partial charge in [-0.05, 0) is 44.9 Å². The van der Waals surface area contributed by atoms with E-state index in [9.17, 15) is 13.2 Å². The number of hydrogen-bond donors (Lipinski definition) is 2. The molecule has 0 aliphatic heterocycles. The molecule has 0 saturated heterocycles. The molecule has 0 fully saturated rings. The van der Waals surface area contributed by atoms with Gasteiger partial charge < -0.3 is 24.8 Å². The Bertz CT molecular complexity index is 610. The summed E-state index contributed by atoms with van der Waals surface area (Å²) < 4.78 is 51.8. The Balaban J connectivity index is 2.52. The topological polar surface area (TPSA) is 64.1 Å². The molecule has 0 aliphatic rings. The summed E-state index contributed by atoms with van der Waals surface area (Å²) in [5.74, 6) is 1.93. The lowest BCUT2D eigenvalue weighted by atomic mass is 10.1. The van der Waals surface area contributed by atoms with Gasteiger partial charge in [-0.1, -0.05) is 6.07 Å². The monoisotopic (exact) mass is 405 g/mol. The molecule has 160 valence electrons. The summed E-state index contributed by atoms with van der Waals surface area (Å²) >= 11 is 0. The molecule has 0 saturated carbocycles. The Labute approximate surface area is 164 Å². The fourth-order valence-electron chi connectivity index (χ4n) is 2.39. The maximum absolute atomic E-state index is 12.0. The van der Waals surface area contributed by atoms with Gasteiger partial charge in [-0.2, -0.15) is 13.2 Å². The van der Waals surface area contributed by atoms with E-state index in [2.05, 4.69) is 20.4 Å². The minimum atomic E-state index is -4.29. The highest BCUT2D eigenvalue weighted by Crippen LogP contribution is 2.30. The Hall–Kier alpha value is -2.16. The van der Waals surface area contributed by atoms with Crippen LogP contribution in [0.3, 0.4) is 0 Å². The fraction of sp³-hybridized carbons (Fsp3) is 0.632. The molecule has 1 atom stereocenters. The molecule has 9 heteroatoms. The number of nitrogens with one attached hydrogen (secondary N) is 2. The van der Waals surface area contributed by atoms with Gasteiger partial charge in [-0.15, -0.1) is 0 Å². The second-order valence-corrected chi connectivity index (χ2v) is 5.96. The highest BCUT2D eigenvalue weighted by Gasteiger charge is 2.27. The summed E-state index contributed by atoms with van der Waals surface area (Å²) in [5.41, 5.74) is 0.989. The predicted molar refractivity (Wildman–Crippen MR) is 103 cm³/mol. The average Bonchev–Trinajstić information content (AvgIpc) is 2.64. The number of hydrogen-bond acceptors (Lipinski definition) is 4. The summed E-state index contributed by atoms with van der Waals surface area (Å²) in [4.78, 5) is 4.13. The maximum Gasteiger partial charge on any atom is 0.411 e. The molecule has 0 radical (unpaired) electrons. The summed E-state index contributed by atoms with van der Waals surface area (Å²) in [6.07, 6.45) is -3.86. The number of benzene rings is 1. The number of guanidine groups is 1. The van der Waals surface area contributed by atoms with Crippen molar-refractivity contribution in [3.8, 4) is 11.5 Å². The number of rotatable bonds is 11. The lowest BCUT2D eigenvalue weighted by Crippen LogP contribution is -2.39. The van der Waals surface area contributed by atoms with E-state index in [1.807, 2.05) is 39.0 Å².